The second kappa shape index (κ2) is 31.3. The Morgan fingerprint density at radius 3 is 0.884 bits per heavy atom. The number of carbonyl (C=O) groups is 2. The third kappa shape index (κ3) is 25.2. The number of Topliss-reactive ketones (excluding diaryl/α,β-unsaturated/α-hetero) is 2. The Kier molecular flexibility index (Phi) is 29.3. The first kappa shape index (κ1) is 40.3. The van der Waals surface area contributed by atoms with E-state index in [4.69, 9.17) is 0 Å². The van der Waals surface area contributed by atoms with Crippen LogP contribution in [0.3, 0.4) is 0 Å². The fourth-order valence-corrected chi connectivity index (χ4v) is 7.01. The van der Waals surface area contributed by atoms with Crippen molar-refractivity contribution in [2.45, 2.75) is 219 Å². The van der Waals surface area contributed by atoms with Crippen LogP contribution in [-0.4, -0.2) is 24.7 Å². The maximum Gasteiger partial charge on any atom is 0.137 e. The molecule has 1 heterocycles. The Morgan fingerprint density at radius 2 is 0.628 bits per heavy atom. The Balaban J connectivity index is 2.01. The highest BCUT2D eigenvalue weighted by Gasteiger charge is 2.25. The Morgan fingerprint density at radius 1 is 0.395 bits per heavy atom. The molecule has 1 saturated heterocycles. The molecule has 43 heavy (non-hydrogen) atoms. The molecule has 1 rings (SSSR count). The number of rotatable bonds is 30. The van der Waals surface area contributed by atoms with Crippen LogP contribution in [0.25, 0.3) is 0 Å². The van der Waals surface area contributed by atoms with Crippen molar-refractivity contribution in [2.75, 3.05) is 13.1 Å². The molecule has 1 aliphatic heterocycles. The van der Waals surface area contributed by atoms with Crippen molar-refractivity contribution in [3.8, 4) is 0 Å². The summed E-state index contributed by atoms with van der Waals surface area (Å²) >= 11 is 0. The number of unbranched alkanes of at least 4 members (excludes halogenated alkanes) is 26. The standard InChI is InChI=1S/C40H77NO2/c1-3-5-7-9-11-13-15-17-19-21-23-25-27-29-31-37-35-41-36-38(40(43)34-33-39(37)42)32-30-28-26-24-22-20-18-16-14-12-10-8-6-4-2/h37-38,41H,3-36H2,1-2H3. The van der Waals surface area contributed by atoms with E-state index >= 15 is 0 Å². The topological polar surface area (TPSA) is 46.2 Å². The van der Waals surface area contributed by atoms with E-state index in [0.717, 1.165) is 38.8 Å². The minimum Gasteiger partial charge on any atom is -0.315 e. The molecule has 2 atom stereocenters. The molecule has 0 aromatic rings. The highest BCUT2D eigenvalue weighted by atomic mass is 16.1. The van der Waals surface area contributed by atoms with Crippen LogP contribution in [0.15, 0.2) is 0 Å². The summed E-state index contributed by atoms with van der Waals surface area (Å²) in [7, 11) is 0. The highest BCUT2D eigenvalue weighted by Crippen LogP contribution is 2.21. The molecular weight excluding hydrogens is 526 g/mol. The quantitative estimate of drug-likeness (QED) is 0.0831. The van der Waals surface area contributed by atoms with Crippen molar-refractivity contribution < 1.29 is 9.59 Å². The van der Waals surface area contributed by atoms with E-state index < -0.39 is 0 Å². The summed E-state index contributed by atoms with van der Waals surface area (Å²) in [5.41, 5.74) is 0. The van der Waals surface area contributed by atoms with Gasteiger partial charge in [0.05, 0.1) is 0 Å². The second-order valence-electron chi connectivity index (χ2n) is 14.3. The molecule has 254 valence electrons. The zero-order valence-electron chi connectivity index (χ0n) is 29.5. The molecule has 1 fully saturated rings. The molecule has 0 saturated carbocycles. The first-order valence-corrected chi connectivity index (χ1v) is 19.9. The average molecular weight is 604 g/mol. The van der Waals surface area contributed by atoms with Gasteiger partial charge >= 0.3 is 0 Å². The smallest absolute Gasteiger partial charge is 0.137 e. The summed E-state index contributed by atoms with van der Waals surface area (Å²) in [6.07, 6.45) is 41.3. The zero-order valence-corrected chi connectivity index (χ0v) is 29.5. The second-order valence-corrected chi connectivity index (χ2v) is 14.3. The van der Waals surface area contributed by atoms with Gasteiger partial charge in [-0.15, -0.1) is 0 Å². The van der Waals surface area contributed by atoms with Crippen molar-refractivity contribution in [1.82, 2.24) is 5.32 Å². The lowest BCUT2D eigenvalue weighted by Crippen LogP contribution is -2.32. The van der Waals surface area contributed by atoms with Gasteiger partial charge in [-0.3, -0.25) is 9.59 Å². The fourth-order valence-electron chi connectivity index (χ4n) is 7.01. The number of hydrogen-bond donors (Lipinski definition) is 1. The first-order chi connectivity index (χ1) is 21.2. The molecule has 0 aromatic carbocycles. The van der Waals surface area contributed by atoms with Crippen molar-refractivity contribution in [1.29, 1.82) is 0 Å². The van der Waals surface area contributed by atoms with E-state index in [1.165, 1.54) is 167 Å². The molecule has 0 bridgehead atoms. The Hall–Kier alpha value is -0.700. The van der Waals surface area contributed by atoms with Crippen LogP contribution < -0.4 is 5.32 Å². The molecule has 0 spiro atoms. The maximum absolute atomic E-state index is 12.8. The van der Waals surface area contributed by atoms with Gasteiger partial charge < -0.3 is 5.32 Å². The van der Waals surface area contributed by atoms with Crippen LogP contribution in [0.1, 0.15) is 219 Å². The van der Waals surface area contributed by atoms with E-state index in [9.17, 15) is 9.59 Å². The van der Waals surface area contributed by atoms with Crippen LogP contribution in [0.2, 0.25) is 0 Å². The summed E-state index contributed by atoms with van der Waals surface area (Å²) in [5.74, 6) is 0.884. The van der Waals surface area contributed by atoms with Crippen LogP contribution >= 0.6 is 0 Å². The van der Waals surface area contributed by atoms with E-state index in [1.54, 1.807) is 0 Å². The maximum atomic E-state index is 12.8. The number of hydrogen-bond acceptors (Lipinski definition) is 3. The van der Waals surface area contributed by atoms with E-state index in [0.29, 0.717) is 24.4 Å². The predicted octanol–water partition coefficient (Wildman–Crippen LogP) is 12.5. The number of ketones is 2. The van der Waals surface area contributed by atoms with Crippen molar-refractivity contribution in [3.63, 3.8) is 0 Å². The van der Waals surface area contributed by atoms with Crippen LogP contribution in [0.5, 0.6) is 0 Å². The summed E-state index contributed by atoms with van der Waals surface area (Å²) in [6, 6.07) is 0. The normalized spacial score (nSPS) is 18.1. The SMILES string of the molecule is CCCCCCCCCCCCCCCCC1CNCC(CCCCCCCCCCCCCCCC)C(=O)CCC1=O. The predicted molar refractivity (Wildman–Crippen MR) is 189 cm³/mol. The van der Waals surface area contributed by atoms with Gasteiger partial charge in [0.25, 0.3) is 0 Å². The lowest BCUT2D eigenvalue weighted by molar-refractivity contribution is -0.127. The highest BCUT2D eigenvalue weighted by molar-refractivity contribution is 5.88. The fraction of sp³-hybridized carbons (Fsp3) is 0.950. The summed E-state index contributed by atoms with van der Waals surface area (Å²) in [5, 5.41) is 3.55. The molecular formula is C40H77NO2. The monoisotopic (exact) mass is 604 g/mol. The summed E-state index contributed by atoms with van der Waals surface area (Å²) in [4.78, 5) is 25.7. The molecule has 1 aliphatic rings. The Bertz CT molecular complexity index is 566. The molecule has 0 aromatic heterocycles. The van der Waals surface area contributed by atoms with Gasteiger partial charge in [-0.2, -0.15) is 0 Å². The van der Waals surface area contributed by atoms with Crippen molar-refractivity contribution in [2.24, 2.45) is 11.8 Å². The van der Waals surface area contributed by atoms with Crippen LogP contribution in [0, 0.1) is 11.8 Å². The minimum absolute atomic E-state index is 0.116. The molecule has 0 amide bonds. The third-order valence-corrected chi connectivity index (χ3v) is 10.1. The van der Waals surface area contributed by atoms with E-state index in [1.807, 2.05) is 0 Å². The summed E-state index contributed by atoms with van der Waals surface area (Å²) < 4.78 is 0. The van der Waals surface area contributed by atoms with Gasteiger partial charge in [-0.1, -0.05) is 194 Å². The average Bonchev–Trinajstić information content (AvgIpc) is 3.07. The van der Waals surface area contributed by atoms with Crippen LogP contribution in [-0.2, 0) is 9.59 Å². The lowest BCUT2D eigenvalue weighted by atomic mass is 9.91. The molecule has 3 nitrogen and oxygen atoms in total. The summed E-state index contributed by atoms with van der Waals surface area (Å²) in [6.45, 7) is 6.13. The lowest BCUT2D eigenvalue weighted by Gasteiger charge is -2.17. The van der Waals surface area contributed by atoms with Crippen molar-refractivity contribution in [3.05, 3.63) is 0 Å². The van der Waals surface area contributed by atoms with Gasteiger partial charge in [0, 0.05) is 37.8 Å². The first-order valence-electron chi connectivity index (χ1n) is 19.9. The van der Waals surface area contributed by atoms with Crippen LogP contribution in [0.4, 0.5) is 0 Å². The number of carbonyl (C=O) groups excluding carboxylic acids is 2. The van der Waals surface area contributed by atoms with Gasteiger partial charge in [-0.25, -0.2) is 0 Å². The third-order valence-electron chi connectivity index (χ3n) is 10.1. The van der Waals surface area contributed by atoms with Gasteiger partial charge in [0.2, 0.25) is 0 Å². The molecule has 1 N–H and O–H groups in total. The molecule has 3 heteroatoms. The largest absolute Gasteiger partial charge is 0.315 e. The number of nitrogens with one attached hydrogen (secondary N) is 1. The van der Waals surface area contributed by atoms with E-state index in [-0.39, 0.29) is 11.8 Å². The molecule has 0 aliphatic carbocycles. The zero-order chi connectivity index (χ0) is 31.1. The van der Waals surface area contributed by atoms with Crippen molar-refractivity contribution >= 4 is 11.6 Å². The van der Waals surface area contributed by atoms with Gasteiger partial charge in [-0.05, 0) is 12.8 Å². The minimum atomic E-state index is 0.116. The van der Waals surface area contributed by atoms with Gasteiger partial charge in [0.15, 0.2) is 0 Å². The van der Waals surface area contributed by atoms with E-state index in [2.05, 4.69) is 19.2 Å². The molecule has 2 unspecified atom stereocenters. The Labute approximate surface area is 270 Å². The van der Waals surface area contributed by atoms with Gasteiger partial charge in [0.1, 0.15) is 11.6 Å². The molecule has 0 radical (unpaired) electrons.